The molecule has 29 heavy (non-hydrogen) atoms. The van der Waals surface area contributed by atoms with Crippen LogP contribution in [0, 0.1) is 5.92 Å². The van der Waals surface area contributed by atoms with E-state index in [-0.39, 0.29) is 23.8 Å². The molecule has 2 aromatic rings. The maximum Gasteiger partial charge on any atom is 0.232 e. The monoisotopic (exact) mass is 414 g/mol. The van der Waals surface area contributed by atoms with Crippen LogP contribution in [0.4, 0.5) is 5.82 Å². The summed E-state index contributed by atoms with van der Waals surface area (Å²) >= 11 is 1.58. The zero-order valence-electron chi connectivity index (χ0n) is 16.3. The van der Waals surface area contributed by atoms with Crippen molar-refractivity contribution in [3.63, 3.8) is 0 Å². The van der Waals surface area contributed by atoms with Crippen LogP contribution in [0.2, 0.25) is 0 Å². The van der Waals surface area contributed by atoms with Crippen molar-refractivity contribution in [3.8, 4) is 0 Å². The molecule has 2 fully saturated rings. The molecule has 1 N–H and O–H groups in total. The van der Waals surface area contributed by atoms with Gasteiger partial charge in [0.2, 0.25) is 11.8 Å². The Hall–Kier alpha value is -2.32. The number of rotatable bonds is 6. The molecule has 0 spiro atoms. The first-order valence-electron chi connectivity index (χ1n) is 10.1. The molecule has 1 unspecified atom stereocenters. The third-order valence-electron chi connectivity index (χ3n) is 5.49. The molecule has 2 aliphatic rings. The topological polar surface area (TPSA) is 76.5 Å². The molecule has 0 bridgehead atoms. The summed E-state index contributed by atoms with van der Waals surface area (Å²) in [5, 5.41) is 7.43. The number of carbonyl (C=O) groups excluding carboxylic acids is 2. The van der Waals surface area contributed by atoms with Gasteiger partial charge in [-0.25, -0.2) is 4.68 Å². The Morgan fingerprint density at radius 3 is 2.66 bits per heavy atom. The van der Waals surface area contributed by atoms with Crippen molar-refractivity contribution < 1.29 is 14.3 Å². The van der Waals surface area contributed by atoms with Gasteiger partial charge >= 0.3 is 0 Å². The Morgan fingerprint density at radius 2 is 1.93 bits per heavy atom. The van der Waals surface area contributed by atoms with Gasteiger partial charge in [-0.15, -0.1) is 11.8 Å². The fourth-order valence-corrected chi connectivity index (χ4v) is 4.61. The number of hydrogen-bond donors (Lipinski definition) is 1. The van der Waals surface area contributed by atoms with E-state index in [0.29, 0.717) is 32.1 Å². The van der Waals surface area contributed by atoms with Gasteiger partial charge in [0.1, 0.15) is 5.82 Å². The summed E-state index contributed by atoms with van der Waals surface area (Å²) in [5.74, 6) is 1.27. The number of ether oxygens (including phenoxy) is 1. The van der Waals surface area contributed by atoms with Crippen molar-refractivity contribution in [2.45, 2.75) is 30.2 Å². The predicted octanol–water partition coefficient (Wildman–Crippen LogP) is 2.81. The molecule has 4 rings (SSSR count). The summed E-state index contributed by atoms with van der Waals surface area (Å²) in [5.41, 5.74) is 0. The van der Waals surface area contributed by atoms with Crippen LogP contribution in [0.3, 0.4) is 0 Å². The molecular formula is C21H26N4O3S. The highest BCUT2D eigenvalue weighted by atomic mass is 32.2. The number of nitrogens with zero attached hydrogens (tertiary/aromatic N) is 3. The van der Waals surface area contributed by atoms with Crippen molar-refractivity contribution in [2.24, 2.45) is 5.92 Å². The Labute approximate surface area is 174 Å². The van der Waals surface area contributed by atoms with E-state index in [1.54, 1.807) is 18.0 Å². The molecule has 7 nitrogen and oxygen atoms in total. The number of likely N-dealkylation sites (tertiary alicyclic amines) is 1. The van der Waals surface area contributed by atoms with Crippen molar-refractivity contribution in [2.75, 3.05) is 37.4 Å². The lowest BCUT2D eigenvalue weighted by Crippen LogP contribution is -2.40. The highest BCUT2D eigenvalue weighted by molar-refractivity contribution is 8.00. The fourth-order valence-electron chi connectivity index (χ4n) is 3.79. The van der Waals surface area contributed by atoms with E-state index in [1.807, 2.05) is 46.0 Å². The summed E-state index contributed by atoms with van der Waals surface area (Å²) in [6.45, 7) is 2.55. The standard InChI is InChI=1S/C21H26N4O3S/c26-20(15-29-18-4-2-1-3-5-18)24-11-7-17(8-12-24)25-19(6-10-22-25)23-21(27)16-9-13-28-14-16/h1-6,10,16-17H,7-9,11-15H2,(H,23,27). The van der Waals surface area contributed by atoms with Gasteiger partial charge in [0, 0.05) is 30.7 Å². The third-order valence-corrected chi connectivity index (χ3v) is 6.49. The maximum atomic E-state index is 12.5. The van der Waals surface area contributed by atoms with Crippen LogP contribution in [0.25, 0.3) is 0 Å². The second kappa shape index (κ2) is 9.45. The lowest BCUT2D eigenvalue weighted by Gasteiger charge is -2.32. The molecule has 154 valence electrons. The molecule has 1 aromatic carbocycles. The largest absolute Gasteiger partial charge is 0.381 e. The van der Waals surface area contributed by atoms with Gasteiger partial charge in [-0.3, -0.25) is 9.59 Å². The quantitative estimate of drug-likeness (QED) is 0.736. The van der Waals surface area contributed by atoms with Crippen LogP contribution in [0.5, 0.6) is 0 Å². The number of piperidine rings is 1. The number of thioether (sulfide) groups is 1. The van der Waals surface area contributed by atoms with Gasteiger partial charge in [0.15, 0.2) is 0 Å². The lowest BCUT2D eigenvalue weighted by atomic mass is 10.1. The molecule has 2 saturated heterocycles. The minimum absolute atomic E-state index is 0.00481. The van der Waals surface area contributed by atoms with Gasteiger partial charge in [0.05, 0.1) is 30.5 Å². The van der Waals surface area contributed by atoms with Gasteiger partial charge < -0.3 is 15.0 Å². The van der Waals surface area contributed by atoms with E-state index in [2.05, 4.69) is 10.4 Å². The maximum absolute atomic E-state index is 12.5. The Bertz CT molecular complexity index is 827. The second-order valence-corrected chi connectivity index (χ2v) is 8.47. The highest BCUT2D eigenvalue weighted by Gasteiger charge is 2.28. The van der Waals surface area contributed by atoms with Gasteiger partial charge in [-0.05, 0) is 31.4 Å². The first kappa shape index (κ1) is 20.0. The number of carbonyl (C=O) groups is 2. The third kappa shape index (κ3) is 5.00. The van der Waals surface area contributed by atoms with Crippen LogP contribution in [-0.2, 0) is 14.3 Å². The zero-order valence-corrected chi connectivity index (χ0v) is 17.1. The summed E-state index contributed by atoms with van der Waals surface area (Å²) in [4.78, 5) is 28.0. The van der Waals surface area contributed by atoms with Crippen LogP contribution >= 0.6 is 11.8 Å². The number of hydrogen-bond acceptors (Lipinski definition) is 5. The number of nitrogens with one attached hydrogen (secondary N) is 1. The molecule has 2 amide bonds. The average molecular weight is 415 g/mol. The Morgan fingerprint density at radius 1 is 1.14 bits per heavy atom. The smallest absolute Gasteiger partial charge is 0.232 e. The number of benzene rings is 1. The van der Waals surface area contributed by atoms with Crippen molar-refractivity contribution in [1.29, 1.82) is 0 Å². The van der Waals surface area contributed by atoms with E-state index >= 15 is 0 Å². The molecule has 0 saturated carbocycles. The normalized spacial score (nSPS) is 20.0. The second-order valence-electron chi connectivity index (χ2n) is 7.42. The molecule has 0 radical (unpaired) electrons. The Balaban J connectivity index is 1.28. The van der Waals surface area contributed by atoms with Crippen molar-refractivity contribution in [1.82, 2.24) is 14.7 Å². The number of amides is 2. The average Bonchev–Trinajstić information content (AvgIpc) is 3.45. The molecule has 0 aliphatic carbocycles. The molecule has 8 heteroatoms. The molecule has 2 aliphatic heterocycles. The van der Waals surface area contributed by atoms with E-state index in [1.165, 1.54) is 0 Å². The van der Waals surface area contributed by atoms with Crippen LogP contribution in [0.1, 0.15) is 25.3 Å². The minimum Gasteiger partial charge on any atom is -0.381 e. The highest BCUT2D eigenvalue weighted by Crippen LogP contribution is 2.27. The number of anilines is 1. The molecule has 1 aromatic heterocycles. The van der Waals surface area contributed by atoms with E-state index in [0.717, 1.165) is 30.0 Å². The first-order valence-corrected chi connectivity index (χ1v) is 11.1. The Kier molecular flexibility index (Phi) is 6.51. The van der Waals surface area contributed by atoms with Gasteiger partial charge in [0.25, 0.3) is 0 Å². The summed E-state index contributed by atoms with van der Waals surface area (Å²) in [6.07, 6.45) is 4.15. The van der Waals surface area contributed by atoms with Gasteiger partial charge in [-0.2, -0.15) is 5.10 Å². The van der Waals surface area contributed by atoms with Crippen molar-refractivity contribution >= 4 is 29.4 Å². The van der Waals surface area contributed by atoms with Crippen LogP contribution in [0.15, 0.2) is 47.5 Å². The van der Waals surface area contributed by atoms with E-state index in [9.17, 15) is 9.59 Å². The summed E-state index contributed by atoms with van der Waals surface area (Å²) in [6, 6.07) is 12.0. The van der Waals surface area contributed by atoms with E-state index < -0.39 is 0 Å². The lowest BCUT2D eigenvalue weighted by molar-refractivity contribution is -0.129. The number of aromatic nitrogens is 2. The molecule has 1 atom stereocenters. The minimum atomic E-state index is -0.0834. The van der Waals surface area contributed by atoms with E-state index in [4.69, 9.17) is 4.74 Å². The first-order chi connectivity index (χ1) is 14.2. The molecular weight excluding hydrogens is 388 g/mol. The van der Waals surface area contributed by atoms with Crippen LogP contribution < -0.4 is 5.32 Å². The fraction of sp³-hybridized carbons (Fsp3) is 0.476. The summed E-state index contributed by atoms with van der Waals surface area (Å²) < 4.78 is 7.20. The van der Waals surface area contributed by atoms with Crippen molar-refractivity contribution in [3.05, 3.63) is 42.6 Å². The SMILES string of the molecule is O=C(Nc1ccnn1C1CCN(C(=O)CSc2ccccc2)CC1)C1CCOC1. The molecule has 3 heterocycles. The van der Waals surface area contributed by atoms with Crippen LogP contribution in [-0.4, -0.2) is 58.6 Å². The predicted molar refractivity (Wildman–Crippen MR) is 112 cm³/mol. The zero-order chi connectivity index (χ0) is 20.1. The van der Waals surface area contributed by atoms with Gasteiger partial charge in [-0.1, -0.05) is 18.2 Å². The summed E-state index contributed by atoms with van der Waals surface area (Å²) in [7, 11) is 0.